The molecule has 102 valence electrons. The molecule has 1 saturated carbocycles. The average molecular weight is 252 g/mol. The van der Waals surface area contributed by atoms with Gasteiger partial charge in [-0.05, 0) is 38.5 Å². The highest BCUT2D eigenvalue weighted by Gasteiger charge is 2.49. The first-order valence-corrected chi connectivity index (χ1v) is 6.73. The summed E-state index contributed by atoms with van der Waals surface area (Å²) in [5.41, 5.74) is 0.0815. The minimum absolute atomic E-state index is 0.228. The van der Waals surface area contributed by atoms with Crippen molar-refractivity contribution in [3.63, 3.8) is 0 Å². The topological polar surface area (TPSA) is 47.3 Å². The SMILES string of the molecule is COc1cnn(C(C)C)c1C1(O)CC(C(C)C)C1. The van der Waals surface area contributed by atoms with E-state index in [-0.39, 0.29) is 6.04 Å². The molecule has 1 fully saturated rings. The molecule has 0 amide bonds. The van der Waals surface area contributed by atoms with Gasteiger partial charge in [-0.15, -0.1) is 0 Å². The highest BCUT2D eigenvalue weighted by Crippen LogP contribution is 2.51. The maximum atomic E-state index is 10.8. The van der Waals surface area contributed by atoms with Crippen LogP contribution in [0, 0.1) is 11.8 Å². The molecule has 1 aromatic heterocycles. The number of aromatic nitrogens is 2. The van der Waals surface area contributed by atoms with Crippen molar-refractivity contribution in [1.82, 2.24) is 9.78 Å². The van der Waals surface area contributed by atoms with E-state index in [4.69, 9.17) is 4.74 Å². The molecule has 1 N–H and O–H groups in total. The molecule has 0 aliphatic heterocycles. The molecule has 0 aromatic carbocycles. The van der Waals surface area contributed by atoms with Crippen molar-refractivity contribution in [3.8, 4) is 5.75 Å². The Kier molecular flexibility index (Phi) is 3.41. The van der Waals surface area contributed by atoms with Gasteiger partial charge in [0.25, 0.3) is 0 Å². The second kappa shape index (κ2) is 4.57. The van der Waals surface area contributed by atoms with E-state index in [1.807, 2.05) is 4.68 Å². The van der Waals surface area contributed by atoms with Crippen LogP contribution in [0.1, 0.15) is 52.3 Å². The number of hydrogen-bond donors (Lipinski definition) is 1. The highest BCUT2D eigenvalue weighted by molar-refractivity contribution is 5.33. The van der Waals surface area contributed by atoms with E-state index in [1.165, 1.54) is 0 Å². The fraction of sp³-hybridized carbons (Fsp3) is 0.786. The molecule has 1 aliphatic carbocycles. The molecule has 0 radical (unpaired) electrons. The lowest BCUT2D eigenvalue weighted by molar-refractivity contribution is -0.101. The molecular weight excluding hydrogens is 228 g/mol. The molecule has 1 aromatic rings. The summed E-state index contributed by atoms with van der Waals surface area (Å²) in [6, 6.07) is 0.228. The van der Waals surface area contributed by atoms with Crippen LogP contribution in [0.15, 0.2) is 6.20 Å². The summed E-state index contributed by atoms with van der Waals surface area (Å²) in [5.74, 6) is 1.91. The van der Waals surface area contributed by atoms with E-state index in [2.05, 4.69) is 32.8 Å². The average Bonchev–Trinajstić information content (AvgIpc) is 2.68. The normalized spacial score (nSPS) is 27.7. The monoisotopic (exact) mass is 252 g/mol. The van der Waals surface area contributed by atoms with Crippen LogP contribution >= 0.6 is 0 Å². The molecule has 0 saturated heterocycles. The van der Waals surface area contributed by atoms with Crippen molar-refractivity contribution in [2.24, 2.45) is 11.8 Å². The van der Waals surface area contributed by atoms with Crippen LogP contribution in [0.2, 0.25) is 0 Å². The van der Waals surface area contributed by atoms with Gasteiger partial charge in [0.05, 0.1) is 13.3 Å². The summed E-state index contributed by atoms with van der Waals surface area (Å²) in [6.45, 7) is 8.55. The molecular formula is C14H24N2O2. The predicted molar refractivity (Wildman–Crippen MR) is 70.6 cm³/mol. The summed E-state index contributed by atoms with van der Waals surface area (Å²) in [7, 11) is 1.63. The first-order chi connectivity index (χ1) is 8.39. The number of rotatable bonds is 4. The number of nitrogens with zero attached hydrogens (tertiary/aromatic N) is 2. The number of aliphatic hydroxyl groups is 1. The molecule has 4 heteroatoms. The summed E-state index contributed by atoms with van der Waals surface area (Å²) in [5, 5.41) is 15.1. The smallest absolute Gasteiger partial charge is 0.162 e. The minimum atomic E-state index is -0.763. The third kappa shape index (κ3) is 2.03. The van der Waals surface area contributed by atoms with Gasteiger partial charge in [0.15, 0.2) is 5.75 Å². The van der Waals surface area contributed by atoms with Gasteiger partial charge >= 0.3 is 0 Å². The lowest BCUT2D eigenvalue weighted by atomic mass is 9.64. The van der Waals surface area contributed by atoms with Gasteiger partial charge in [0.2, 0.25) is 0 Å². The largest absolute Gasteiger partial charge is 0.493 e. The van der Waals surface area contributed by atoms with Gasteiger partial charge in [-0.1, -0.05) is 13.8 Å². The molecule has 2 rings (SSSR count). The van der Waals surface area contributed by atoms with Crippen LogP contribution in [0.25, 0.3) is 0 Å². The Morgan fingerprint density at radius 3 is 2.44 bits per heavy atom. The van der Waals surface area contributed by atoms with E-state index in [9.17, 15) is 5.11 Å². The van der Waals surface area contributed by atoms with Crippen molar-refractivity contribution < 1.29 is 9.84 Å². The third-order valence-corrected chi connectivity index (χ3v) is 4.05. The molecule has 0 atom stereocenters. The summed E-state index contributed by atoms with van der Waals surface area (Å²) < 4.78 is 7.23. The number of methoxy groups -OCH3 is 1. The van der Waals surface area contributed by atoms with Gasteiger partial charge < -0.3 is 9.84 Å². The molecule has 0 spiro atoms. The van der Waals surface area contributed by atoms with E-state index >= 15 is 0 Å². The van der Waals surface area contributed by atoms with Crippen LogP contribution in [-0.2, 0) is 5.60 Å². The number of hydrogen-bond acceptors (Lipinski definition) is 3. The second-order valence-corrected chi connectivity index (χ2v) is 6.04. The molecule has 4 nitrogen and oxygen atoms in total. The Morgan fingerprint density at radius 2 is 2.00 bits per heavy atom. The predicted octanol–water partition coefficient (Wildman–Crippen LogP) is 2.73. The third-order valence-electron chi connectivity index (χ3n) is 4.05. The summed E-state index contributed by atoms with van der Waals surface area (Å²) in [6.07, 6.45) is 3.31. The van der Waals surface area contributed by atoms with Gasteiger partial charge in [0.1, 0.15) is 11.3 Å². The Balaban J connectivity index is 2.30. The molecule has 18 heavy (non-hydrogen) atoms. The first kappa shape index (κ1) is 13.4. The van der Waals surface area contributed by atoms with E-state index in [1.54, 1.807) is 13.3 Å². The zero-order chi connectivity index (χ0) is 13.5. The van der Waals surface area contributed by atoms with Gasteiger partial charge in [-0.25, -0.2) is 0 Å². The van der Waals surface area contributed by atoms with Crippen LogP contribution in [0.4, 0.5) is 0 Å². The molecule has 1 aliphatic rings. The Hall–Kier alpha value is -1.03. The van der Waals surface area contributed by atoms with Crippen molar-refractivity contribution in [1.29, 1.82) is 0 Å². The minimum Gasteiger partial charge on any atom is -0.493 e. The fourth-order valence-corrected chi connectivity index (χ4v) is 2.80. The number of ether oxygens (including phenoxy) is 1. The quantitative estimate of drug-likeness (QED) is 0.896. The highest BCUT2D eigenvalue weighted by atomic mass is 16.5. The standard InChI is InChI=1S/C14H24N2O2/c1-9(2)11-6-14(17,7-11)13-12(18-5)8-15-16(13)10(3)4/h8-11,17H,6-7H2,1-5H3. The van der Waals surface area contributed by atoms with Gasteiger partial charge in [-0.2, -0.15) is 5.10 Å². The Bertz CT molecular complexity index is 417. The Labute approximate surface area is 109 Å². The van der Waals surface area contributed by atoms with Crippen molar-refractivity contribution in [2.45, 2.75) is 52.2 Å². The lowest BCUT2D eigenvalue weighted by Crippen LogP contribution is -2.45. The fourth-order valence-electron chi connectivity index (χ4n) is 2.80. The maximum absolute atomic E-state index is 10.8. The van der Waals surface area contributed by atoms with Crippen molar-refractivity contribution >= 4 is 0 Å². The Morgan fingerprint density at radius 1 is 1.39 bits per heavy atom. The van der Waals surface area contributed by atoms with Crippen LogP contribution in [0.5, 0.6) is 5.75 Å². The molecule has 1 heterocycles. The van der Waals surface area contributed by atoms with Gasteiger partial charge in [0, 0.05) is 6.04 Å². The van der Waals surface area contributed by atoms with Gasteiger partial charge in [-0.3, -0.25) is 4.68 Å². The van der Waals surface area contributed by atoms with E-state index < -0.39 is 5.60 Å². The van der Waals surface area contributed by atoms with Crippen LogP contribution in [-0.4, -0.2) is 22.0 Å². The second-order valence-electron chi connectivity index (χ2n) is 6.04. The summed E-state index contributed by atoms with van der Waals surface area (Å²) >= 11 is 0. The molecule has 0 bridgehead atoms. The van der Waals surface area contributed by atoms with E-state index in [0.29, 0.717) is 17.6 Å². The van der Waals surface area contributed by atoms with E-state index in [0.717, 1.165) is 18.5 Å². The maximum Gasteiger partial charge on any atom is 0.162 e. The van der Waals surface area contributed by atoms with Crippen LogP contribution < -0.4 is 4.74 Å². The first-order valence-electron chi connectivity index (χ1n) is 6.73. The van der Waals surface area contributed by atoms with Crippen molar-refractivity contribution in [2.75, 3.05) is 7.11 Å². The lowest BCUT2D eigenvalue weighted by Gasteiger charge is -2.46. The van der Waals surface area contributed by atoms with Crippen molar-refractivity contribution in [3.05, 3.63) is 11.9 Å². The zero-order valence-electron chi connectivity index (χ0n) is 12.0. The molecule has 0 unspecified atom stereocenters. The van der Waals surface area contributed by atoms with Crippen LogP contribution in [0.3, 0.4) is 0 Å². The zero-order valence-corrected chi connectivity index (χ0v) is 12.0. The summed E-state index contributed by atoms with van der Waals surface area (Å²) in [4.78, 5) is 0.